The summed E-state index contributed by atoms with van der Waals surface area (Å²) in [7, 11) is -3.99. The molecular weight excluding hydrogens is 304 g/mol. The van der Waals surface area contributed by atoms with Crippen LogP contribution >= 0.6 is 0 Å². The van der Waals surface area contributed by atoms with Crippen LogP contribution in [0.1, 0.15) is 24.1 Å². The molecule has 116 valence electrons. The number of para-hydroxylation sites is 1. The maximum atomic E-state index is 12.4. The number of nitrogens with one attached hydrogen (secondary N) is 1. The molecule has 0 aliphatic carbocycles. The SMILES string of the molecule is Cc1ccc([C@@H](C)NS(=O)(=O)c2ccccc2[N+](=O)[O-])cc1. The van der Waals surface area contributed by atoms with E-state index >= 15 is 0 Å². The minimum absolute atomic E-state index is 0.334. The van der Waals surface area contributed by atoms with Gasteiger partial charge in [-0.2, -0.15) is 0 Å². The van der Waals surface area contributed by atoms with E-state index in [9.17, 15) is 18.5 Å². The van der Waals surface area contributed by atoms with Crippen LogP contribution in [0.25, 0.3) is 0 Å². The minimum Gasteiger partial charge on any atom is -0.258 e. The molecule has 1 atom stereocenters. The maximum absolute atomic E-state index is 12.4. The van der Waals surface area contributed by atoms with Gasteiger partial charge in [0.15, 0.2) is 4.90 Å². The number of sulfonamides is 1. The predicted molar refractivity (Wildman–Crippen MR) is 83.0 cm³/mol. The summed E-state index contributed by atoms with van der Waals surface area (Å²) in [6, 6.07) is 12.2. The van der Waals surface area contributed by atoms with Crippen molar-refractivity contribution in [3.05, 3.63) is 69.8 Å². The summed E-state index contributed by atoms with van der Waals surface area (Å²) in [5.74, 6) is 0. The fourth-order valence-corrected chi connectivity index (χ4v) is 3.46. The quantitative estimate of drug-likeness (QED) is 0.677. The Balaban J connectivity index is 2.32. The van der Waals surface area contributed by atoms with Crippen LogP contribution < -0.4 is 4.72 Å². The number of hydrogen-bond donors (Lipinski definition) is 1. The third-order valence-corrected chi connectivity index (χ3v) is 4.85. The third kappa shape index (κ3) is 3.49. The molecule has 0 saturated carbocycles. The molecule has 7 heteroatoms. The van der Waals surface area contributed by atoms with Crippen molar-refractivity contribution in [3.63, 3.8) is 0 Å². The number of nitrogens with zero attached hydrogens (tertiary/aromatic N) is 1. The van der Waals surface area contributed by atoms with Gasteiger partial charge in [-0.15, -0.1) is 0 Å². The van der Waals surface area contributed by atoms with Gasteiger partial charge in [-0.05, 0) is 25.5 Å². The largest absolute Gasteiger partial charge is 0.289 e. The lowest BCUT2D eigenvalue weighted by Gasteiger charge is -2.15. The Morgan fingerprint density at radius 2 is 1.68 bits per heavy atom. The van der Waals surface area contributed by atoms with Crippen LogP contribution in [0.2, 0.25) is 0 Å². The highest BCUT2D eigenvalue weighted by atomic mass is 32.2. The zero-order valence-electron chi connectivity index (χ0n) is 12.2. The Morgan fingerprint density at radius 3 is 2.27 bits per heavy atom. The van der Waals surface area contributed by atoms with Gasteiger partial charge < -0.3 is 0 Å². The Kier molecular flexibility index (Phi) is 4.58. The number of hydrogen-bond acceptors (Lipinski definition) is 4. The molecule has 2 rings (SSSR count). The minimum atomic E-state index is -3.99. The van der Waals surface area contributed by atoms with Gasteiger partial charge in [0.25, 0.3) is 5.69 Å². The molecule has 0 bridgehead atoms. The van der Waals surface area contributed by atoms with Gasteiger partial charge in [-0.25, -0.2) is 13.1 Å². The molecule has 0 spiro atoms. The Hall–Kier alpha value is -2.25. The van der Waals surface area contributed by atoms with E-state index in [0.29, 0.717) is 0 Å². The van der Waals surface area contributed by atoms with Gasteiger partial charge in [0.2, 0.25) is 10.0 Å². The van der Waals surface area contributed by atoms with Crippen LogP contribution in [0.5, 0.6) is 0 Å². The van der Waals surface area contributed by atoms with Crippen LogP contribution in [-0.2, 0) is 10.0 Å². The Labute approximate surface area is 129 Å². The van der Waals surface area contributed by atoms with Crippen LogP contribution in [0.4, 0.5) is 5.69 Å². The number of benzene rings is 2. The summed E-state index contributed by atoms with van der Waals surface area (Å²) in [6.07, 6.45) is 0. The van der Waals surface area contributed by atoms with E-state index in [2.05, 4.69) is 4.72 Å². The topological polar surface area (TPSA) is 89.3 Å². The second-order valence-electron chi connectivity index (χ2n) is 4.98. The number of nitro groups is 1. The normalized spacial score (nSPS) is 12.8. The van der Waals surface area contributed by atoms with E-state index < -0.39 is 26.7 Å². The maximum Gasteiger partial charge on any atom is 0.289 e. The first-order valence-electron chi connectivity index (χ1n) is 6.63. The van der Waals surface area contributed by atoms with Crippen molar-refractivity contribution in [1.29, 1.82) is 0 Å². The van der Waals surface area contributed by atoms with Gasteiger partial charge in [0.1, 0.15) is 0 Å². The molecule has 2 aromatic rings. The molecule has 0 amide bonds. The van der Waals surface area contributed by atoms with Crippen LogP contribution in [0.3, 0.4) is 0 Å². The lowest BCUT2D eigenvalue weighted by molar-refractivity contribution is -0.387. The van der Waals surface area contributed by atoms with Crippen molar-refractivity contribution in [2.24, 2.45) is 0 Å². The van der Waals surface area contributed by atoms with E-state index in [-0.39, 0.29) is 4.90 Å². The lowest BCUT2D eigenvalue weighted by Crippen LogP contribution is -2.27. The summed E-state index contributed by atoms with van der Waals surface area (Å²) in [6.45, 7) is 3.63. The average Bonchev–Trinajstić information content (AvgIpc) is 2.47. The summed E-state index contributed by atoms with van der Waals surface area (Å²) < 4.78 is 27.3. The molecule has 0 heterocycles. The Bertz CT molecular complexity index is 785. The summed E-state index contributed by atoms with van der Waals surface area (Å²) >= 11 is 0. The molecular formula is C15H16N2O4S. The summed E-state index contributed by atoms with van der Waals surface area (Å²) in [5, 5.41) is 11.0. The molecule has 0 aromatic heterocycles. The monoisotopic (exact) mass is 320 g/mol. The Morgan fingerprint density at radius 1 is 1.09 bits per heavy atom. The molecule has 0 aliphatic rings. The smallest absolute Gasteiger partial charge is 0.258 e. The standard InChI is InChI=1S/C15H16N2O4S/c1-11-7-9-13(10-8-11)12(2)16-22(20,21)15-6-4-3-5-14(15)17(18)19/h3-10,12,16H,1-2H3/t12-/m1/s1. The lowest BCUT2D eigenvalue weighted by atomic mass is 10.1. The van der Waals surface area contributed by atoms with Gasteiger partial charge in [0.05, 0.1) is 4.92 Å². The second kappa shape index (κ2) is 6.25. The fourth-order valence-electron chi connectivity index (χ4n) is 2.05. The zero-order chi connectivity index (χ0) is 16.3. The van der Waals surface area contributed by atoms with Crippen LogP contribution in [0, 0.1) is 17.0 Å². The van der Waals surface area contributed by atoms with Crippen LogP contribution in [-0.4, -0.2) is 13.3 Å². The first-order chi connectivity index (χ1) is 10.3. The van der Waals surface area contributed by atoms with E-state index in [0.717, 1.165) is 11.1 Å². The van der Waals surface area contributed by atoms with Gasteiger partial charge in [0, 0.05) is 12.1 Å². The van der Waals surface area contributed by atoms with E-state index in [1.54, 1.807) is 6.92 Å². The van der Waals surface area contributed by atoms with Crippen molar-refractivity contribution in [3.8, 4) is 0 Å². The number of aryl methyl sites for hydroxylation is 1. The van der Waals surface area contributed by atoms with Crippen LogP contribution in [0.15, 0.2) is 53.4 Å². The molecule has 6 nitrogen and oxygen atoms in total. The van der Waals surface area contributed by atoms with Crippen molar-refractivity contribution in [2.75, 3.05) is 0 Å². The van der Waals surface area contributed by atoms with Crippen molar-refractivity contribution < 1.29 is 13.3 Å². The van der Waals surface area contributed by atoms with Crippen molar-refractivity contribution in [1.82, 2.24) is 4.72 Å². The van der Waals surface area contributed by atoms with Gasteiger partial charge in [-0.3, -0.25) is 10.1 Å². The number of rotatable bonds is 5. The van der Waals surface area contributed by atoms with Crippen molar-refractivity contribution >= 4 is 15.7 Å². The summed E-state index contributed by atoms with van der Waals surface area (Å²) in [4.78, 5) is 9.94. The first-order valence-corrected chi connectivity index (χ1v) is 8.12. The highest BCUT2D eigenvalue weighted by Crippen LogP contribution is 2.25. The first kappa shape index (κ1) is 16.1. The predicted octanol–water partition coefficient (Wildman–Crippen LogP) is 2.94. The molecule has 0 saturated heterocycles. The molecule has 0 radical (unpaired) electrons. The van der Waals surface area contributed by atoms with Gasteiger partial charge >= 0.3 is 0 Å². The molecule has 2 aromatic carbocycles. The second-order valence-corrected chi connectivity index (χ2v) is 6.66. The molecule has 0 fully saturated rings. The molecule has 0 aliphatic heterocycles. The van der Waals surface area contributed by atoms with E-state index in [1.165, 1.54) is 24.3 Å². The molecule has 22 heavy (non-hydrogen) atoms. The van der Waals surface area contributed by atoms with E-state index in [4.69, 9.17) is 0 Å². The number of nitro benzene ring substituents is 1. The fraction of sp³-hybridized carbons (Fsp3) is 0.200. The summed E-state index contributed by atoms with van der Waals surface area (Å²) in [5.41, 5.74) is 1.41. The molecule has 1 N–H and O–H groups in total. The average molecular weight is 320 g/mol. The highest BCUT2D eigenvalue weighted by Gasteiger charge is 2.26. The van der Waals surface area contributed by atoms with Gasteiger partial charge in [-0.1, -0.05) is 42.0 Å². The highest BCUT2D eigenvalue weighted by molar-refractivity contribution is 7.89. The van der Waals surface area contributed by atoms with Crippen molar-refractivity contribution in [2.45, 2.75) is 24.8 Å². The van der Waals surface area contributed by atoms with E-state index in [1.807, 2.05) is 31.2 Å². The zero-order valence-corrected chi connectivity index (χ0v) is 13.0. The third-order valence-electron chi connectivity index (χ3n) is 3.26. The molecule has 0 unspecified atom stereocenters.